The molecule has 0 unspecified atom stereocenters. The summed E-state index contributed by atoms with van der Waals surface area (Å²) in [6.07, 6.45) is -2.93. The van der Waals surface area contributed by atoms with E-state index in [-0.39, 0.29) is 21.6 Å². The molecule has 5 nitrogen and oxygen atoms in total. The standard InChI is InChI=1S/C15H11Cl2F2N3O2/c1-21-15(23)11(12(24-2)10(20-21)14(18)19)22-8-6-4-3-5-7(8)9(16)13(22)17/h3-6,14H,1-2H3. The molecule has 0 fully saturated rings. The molecule has 0 saturated carbocycles. The number of benzene rings is 1. The van der Waals surface area contributed by atoms with Crippen LogP contribution in [0.2, 0.25) is 10.2 Å². The fourth-order valence-electron chi connectivity index (χ4n) is 2.55. The summed E-state index contributed by atoms with van der Waals surface area (Å²) >= 11 is 12.5. The zero-order valence-electron chi connectivity index (χ0n) is 12.6. The second-order valence-corrected chi connectivity index (χ2v) is 5.69. The summed E-state index contributed by atoms with van der Waals surface area (Å²) in [6, 6.07) is 6.86. The number of aryl methyl sites for hydroxylation is 1. The topological polar surface area (TPSA) is 49.1 Å². The summed E-state index contributed by atoms with van der Waals surface area (Å²) in [5.74, 6) is -0.340. The van der Waals surface area contributed by atoms with E-state index in [1.54, 1.807) is 24.3 Å². The SMILES string of the molecule is COc1c(C(F)F)nn(C)c(=O)c1-n1c(Cl)c(Cl)c2ccccc21. The maximum atomic E-state index is 13.3. The fraction of sp³-hybridized carbons (Fsp3) is 0.200. The number of rotatable bonds is 3. The van der Waals surface area contributed by atoms with Crippen LogP contribution < -0.4 is 10.3 Å². The molecule has 0 spiro atoms. The van der Waals surface area contributed by atoms with Crippen molar-refractivity contribution in [2.75, 3.05) is 7.11 Å². The Morgan fingerprint density at radius 2 is 1.92 bits per heavy atom. The fourth-order valence-corrected chi connectivity index (χ4v) is 3.07. The first-order valence-corrected chi connectivity index (χ1v) is 7.52. The second kappa shape index (κ2) is 6.07. The number of halogens is 4. The average molecular weight is 374 g/mol. The van der Waals surface area contributed by atoms with Crippen LogP contribution >= 0.6 is 23.2 Å². The molecule has 0 N–H and O–H groups in total. The molecule has 0 saturated heterocycles. The highest BCUT2D eigenvalue weighted by atomic mass is 35.5. The molecule has 0 bridgehead atoms. The van der Waals surface area contributed by atoms with Crippen molar-refractivity contribution in [2.45, 2.75) is 6.43 Å². The van der Waals surface area contributed by atoms with Crippen LogP contribution in [0, 0.1) is 0 Å². The molecule has 0 aliphatic rings. The van der Waals surface area contributed by atoms with Gasteiger partial charge in [0.2, 0.25) is 0 Å². The van der Waals surface area contributed by atoms with Crippen LogP contribution in [0.25, 0.3) is 16.6 Å². The van der Waals surface area contributed by atoms with E-state index in [1.165, 1.54) is 18.7 Å². The number of nitrogens with zero attached hydrogens (tertiary/aromatic N) is 3. The van der Waals surface area contributed by atoms with Crippen molar-refractivity contribution in [2.24, 2.45) is 7.05 Å². The summed E-state index contributed by atoms with van der Waals surface area (Å²) in [7, 11) is 2.46. The number of methoxy groups -OCH3 is 1. The van der Waals surface area contributed by atoms with Crippen molar-refractivity contribution in [3.05, 3.63) is 50.5 Å². The molecule has 3 aromatic rings. The van der Waals surface area contributed by atoms with Crippen LogP contribution in [0.4, 0.5) is 8.78 Å². The third-order valence-corrected chi connectivity index (χ3v) is 4.43. The molecule has 2 aromatic heterocycles. The quantitative estimate of drug-likeness (QED) is 0.697. The number of aromatic nitrogens is 3. The van der Waals surface area contributed by atoms with E-state index < -0.39 is 17.7 Å². The molecule has 0 atom stereocenters. The largest absolute Gasteiger partial charge is 0.492 e. The lowest BCUT2D eigenvalue weighted by molar-refractivity contribution is 0.138. The predicted octanol–water partition coefficient (Wildman–Crippen LogP) is 3.98. The van der Waals surface area contributed by atoms with Crippen LogP contribution in [0.3, 0.4) is 0 Å². The monoisotopic (exact) mass is 373 g/mol. The van der Waals surface area contributed by atoms with E-state index in [1.807, 2.05) is 0 Å². The maximum absolute atomic E-state index is 13.3. The van der Waals surface area contributed by atoms with Crippen molar-refractivity contribution in [3.63, 3.8) is 0 Å². The van der Waals surface area contributed by atoms with E-state index in [0.29, 0.717) is 10.9 Å². The molecule has 0 amide bonds. The zero-order valence-corrected chi connectivity index (χ0v) is 14.1. The van der Waals surface area contributed by atoms with Crippen LogP contribution in [-0.2, 0) is 7.05 Å². The van der Waals surface area contributed by atoms with Crippen LogP contribution in [0.1, 0.15) is 12.1 Å². The molecule has 0 aliphatic heterocycles. The molecule has 0 aliphatic carbocycles. The van der Waals surface area contributed by atoms with Crippen molar-refractivity contribution in [3.8, 4) is 11.4 Å². The van der Waals surface area contributed by atoms with E-state index >= 15 is 0 Å². The lowest BCUT2D eigenvalue weighted by Gasteiger charge is -2.15. The molecular weight excluding hydrogens is 363 g/mol. The molecule has 0 radical (unpaired) electrons. The van der Waals surface area contributed by atoms with Gasteiger partial charge in [-0.2, -0.15) is 5.10 Å². The highest BCUT2D eigenvalue weighted by Crippen LogP contribution is 2.39. The van der Waals surface area contributed by atoms with Gasteiger partial charge in [-0.3, -0.25) is 9.36 Å². The Morgan fingerprint density at radius 3 is 2.54 bits per heavy atom. The number of alkyl halides is 2. The highest BCUT2D eigenvalue weighted by molar-refractivity contribution is 6.45. The van der Waals surface area contributed by atoms with Gasteiger partial charge in [-0.25, -0.2) is 13.5 Å². The minimum atomic E-state index is -2.93. The molecule has 126 valence electrons. The van der Waals surface area contributed by atoms with E-state index in [0.717, 1.165) is 4.68 Å². The van der Waals surface area contributed by atoms with E-state index in [2.05, 4.69) is 5.10 Å². The van der Waals surface area contributed by atoms with Crippen molar-refractivity contribution in [1.29, 1.82) is 0 Å². The molecular formula is C15H11Cl2F2N3O2. The average Bonchev–Trinajstić information content (AvgIpc) is 2.81. The Balaban J connectivity index is 2.52. The van der Waals surface area contributed by atoms with E-state index in [4.69, 9.17) is 27.9 Å². The third kappa shape index (κ3) is 2.35. The Bertz CT molecular complexity index is 999. The van der Waals surface area contributed by atoms with Gasteiger partial charge in [0.15, 0.2) is 17.1 Å². The first-order valence-electron chi connectivity index (χ1n) is 6.76. The van der Waals surface area contributed by atoms with Gasteiger partial charge in [-0.05, 0) is 6.07 Å². The van der Waals surface area contributed by atoms with Gasteiger partial charge in [-0.1, -0.05) is 41.4 Å². The molecule has 1 aromatic carbocycles. The van der Waals surface area contributed by atoms with Crippen LogP contribution in [0.5, 0.6) is 5.75 Å². The summed E-state index contributed by atoms with van der Waals surface area (Å²) in [5.41, 5.74) is -0.970. The zero-order chi connectivity index (χ0) is 17.6. The summed E-state index contributed by atoms with van der Waals surface area (Å²) in [4.78, 5) is 12.6. The van der Waals surface area contributed by atoms with Crippen LogP contribution in [0.15, 0.2) is 29.1 Å². The van der Waals surface area contributed by atoms with Gasteiger partial charge in [0, 0.05) is 12.4 Å². The minimum Gasteiger partial charge on any atom is -0.492 e. The minimum absolute atomic E-state index is 0.0275. The third-order valence-electron chi connectivity index (χ3n) is 3.60. The number of ether oxygens (including phenoxy) is 1. The van der Waals surface area contributed by atoms with Gasteiger partial charge in [0.05, 0.1) is 17.6 Å². The Morgan fingerprint density at radius 1 is 1.25 bits per heavy atom. The normalized spacial score (nSPS) is 11.5. The Kier molecular flexibility index (Phi) is 4.23. The Labute approximate surface area is 145 Å². The number of para-hydroxylation sites is 1. The maximum Gasteiger partial charge on any atom is 0.294 e. The molecule has 24 heavy (non-hydrogen) atoms. The summed E-state index contributed by atoms with van der Waals surface area (Å²) in [6.45, 7) is 0. The van der Waals surface area contributed by atoms with Gasteiger partial charge in [-0.15, -0.1) is 0 Å². The van der Waals surface area contributed by atoms with Gasteiger partial charge >= 0.3 is 0 Å². The second-order valence-electron chi connectivity index (χ2n) is 4.95. The van der Waals surface area contributed by atoms with Crippen molar-refractivity contribution >= 4 is 34.1 Å². The van der Waals surface area contributed by atoms with Gasteiger partial charge in [0.1, 0.15) is 5.15 Å². The number of fused-ring (bicyclic) bond motifs is 1. The van der Waals surface area contributed by atoms with E-state index in [9.17, 15) is 13.6 Å². The summed E-state index contributed by atoms with van der Waals surface area (Å²) in [5, 5.41) is 4.41. The smallest absolute Gasteiger partial charge is 0.294 e. The van der Waals surface area contributed by atoms with Gasteiger partial charge in [0.25, 0.3) is 12.0 Å². The Hall–Kier alpha value is -2.12. The molecule has 9 heteroatoms. The first kappa shape index (κ1) is 16.7. The highest BCUT2D eigenvalue weighted by Gasteiger charge is 2.27. The first-order chi connectivity index (χ1) is 11.4. The lowest BCUT2D eigenvalue weighted by Crippen LogP contribution is -2.27. The molecule has 3 rings (SSSR count). The molecule has 2 heterocycles. The number of hydrogen-bond acceptors (Lipinski definition) is 3. The van der Waals surface area contributed by atoms with Crippen LogP contribution in [-0.4, -0.2) is 21.5 Å². The number of hydrogen-bond donors (Lipinski definition) is 0. The summed E-state index contributed by atoms with van der Waals surface area (Å²) < 4.78 is 33.8. The van der Waals surface area contributed by atoms with Crippen molar-refractivity contribution < 1.29 is 13.5 Å². The lowest BCUT2D eigenvalue weighted by atomic mass is 10.2. The van der Waals surface area contributed by atoms with Gasteiger partial charge < -0.3 is 4.74 Å². The van der Waals surface area contributed by atoms with Crippen molar-refractivity contribution in [1.82, 2.24) is 14.3 Å². The predicted molar refractivity (Wildman–Crippen MR) is 87.8 cm³/mol.